The number of hydrogen-bond acceptors (Lipinski definition) is 2. The van der Waals surface area contributed by atoms with E-state index in [4.69, 9.17) is 4.74 Å². The third kappa shape index (κ3) is 4.96. The second-order valence-corrected chi connectivity index (χ2v) is 7.43. The molecule has 1 N–H and O–H groups in total. The van der Waals surface area contributed by atoms with Gasteiger partial charge < -0.3 is 10.1 Å². The molecule has 26 heavy (non-hydrogen) atoms. The van der Waals surface area contributed by atoms with E-state index in [2.05, 4.69) is 49.3 Å². The molecule has 0 aliphatic rings. The molecule has 0 unspecified atom stereocenters. The Kier molecular flexibility index (Phi) is 6.47. The molecule has 1 amide bonds. The third-order valence-corrected chi connectivity index (χ3v) is 4.98. The molecule has 0 bridgehead atoms. The first-order valence-electron chi connectivity index (χ1n) is 8.15. The second kappa shape index (κ2) is 9.01. The highest BCUT2D eigenvalue weighted by molar-refractivity contribution is 9.10. The predicted octanol–water partition coefficient (Wildman–Crippen LogP) is 6.09. The van der Waals surface area contributed by atoms with Gasteiger partial charge >= 0.3 is 0 Å². The van der Waals surface area contributed by atoms with Gasteiger partial charge in [0, 0.05) is 15.4 Å². The molecule has 3 aromatic rings. The Bertz CT molecular complexity index is 898. The van der Waals surface area contributed by atoms with Crippen LogP contribution in [0, 0.1) is 0 Å². The van der Waals surface area contributed by atoms with E-state index < -0.39 is 0 Å². The molecule has 0 aliphatic heterocycles. The summed E-state index contributed by atoms with van der Waals surface area (Å²) < 4.78 is 7.54. The lowest BCUT2D eigenvalue weighted by atomic mass is 10.1. The Balaban J connectivity index is 1.73. The van der Waals surface area contributed by atoms with Crippen molar-refractivity contribution >= 4 is 43.5 Å². The van der Waals surface area contributed by atoms with Gasteiger partial charge in [0.05, 0.1) is 17.9 Å². The minimum atomic E-state index is -0.215. The molecule has 0 aliphatic carbocycles. The molecular formula is C21H17Br2NO2. The van der Waals surface area contributed by atoms with Crippen LogP contribution >= 0.6 is 31.9 Å². The summed E-state index contributed by atoms with van der Waals surface area (Å²) in [6.07, 6.45) is 0.780. The van der Waals surface area contributed by atoms with Gasteiger partial charge in [-0.3, -0.25) is 4.79 Å². The summed E-state index contributed by atoms with van der Waals surface area (Å²) in [4.78, 5) is 12.7. The average molecular weight is 475 g/mol. The highest BCUT2D eigenvalue weighted by Gasteiger charge is 2.15. The lowest BCUT2D eigenvalue weighted by Crippen LogP contribution is -2.14. The number of carbonyl (C=O) groups is 1. The number of hydrogen-bond donors (Lipinski definition) is 1. The fraction of sp³-hybridized carbons (Fsp3) is 0.0952. The number of rotatable bonds is 6. The molecule has 132 valence electrons. The van der Waals surface area contributed by atoms with E-state index >= 15 is 0 Å². The fourth-order valence-corrected chi connectivity index (χ4v) is 3.23. The zero-order valence-electron chi connectivity index (χ0n) is 13.9. The predicted molar refractivity (Wildman–Crippen MR) is 112 cm³/mol. The maximum Gasteiger partial charge on any atom is 0.259 e. The van der Waals surface area contributed by atoms with Crippen molar-refractivity contribution in [1.82, 2.24) is 0 Å². The van der Waals surface area contributed by atoms with Crippen LogP contribution in [0.5, 0.6) is 5.75 Å². The van der Waals surface area contributed by atoms with E-state index in [9.17, 15) is 4.79 Å². The Morgan fingerprint density at radius 1 is 0.923 bits per heavy atom. The van der Waals surface area contributed by atoms with Crippen molar-refractivity contribution in [1.29, 1.82) is 0 Å². The molecule has 3 nitrogen and oxygen atoms in total. The summed E-state index contributed by atoms with van der Waals surface area (Å²) in [5.74, 6) is 0.349. The van der Waals surface area contributed by atoms with E-state index in [1.54, 1.807) is 6.07 Å². The van der Waals surface area contributed by atoms with Crippen molar-refractivity contribution in [3.8, 4) is 5.75 Å². The zero-order chi connectivity index (χ0) is 18.4. The van der Waals surface area contributed by atoms with E-state index in [1.807, 2.05) is 54.6 Å². The quantitative estimate of drug-likeness (QED) is 0.469. The van der Waals surface area contributed by atoms with Gasteiger partial charge in [-0.25, -0.2) is 0 Å². The number of carbonyl (C=O) groups excluding carboxylic acids is 1. The lowest BCUT2D eigenvalue weighted by molar-refractivity contribution is 0.102. The molecule has 5 heteroatoms. The lowest BCUT2D eigenvalue weighted by Gasteiger charge is -2.13. The number of benzene rings is 3. The van der Waals surface area contributed by atoms with Gasteiger partial charge in [0.15, 0.2) is 0 Å². The van der Waals surface area contributed by atoms with E-state index in [1.165, 1.54) is 5.56 Å². The van der Waals surface area contributed by atoms with Crippen LogP contribution in [0.2, 0.25) is 0 Å². The van der Waals surface area contributed by atoms with Crippen molar-refractivity contribution in [3.63, 3.8) is 0 Å². The topological polar surface area (TPSA) is 38.3 Å². The fourth-order valence-electron chi connectivity index (χ4n) is 2.48. The van der Waals surface area contributed by atoms with Crippen molar-refractivity contribution in [3.05, 3.63) is 92.9 Å². The summed E-state index contributed by atoms with van der Waals surface area (Å²) in [5, 5.41) is 2.92. The van der Waals surface area contributed by atoms with Crippen molar-refractivity contribution in [2.45, 2.75) is 6.42 Å². The summed E-state index contributed by atoms with van der Waals surface area (Å²) in [6, 6.07) is 23.1. The number of ether oxygens (including phenoxy) is 1. The molecule has 0 spiro atoms. The third-order valence-electron chi connectivity index (χ3n) is 3.80. The molecular weight excluding hydrogens is 458 g/mol. The van der Waals surface area contributed by atoms with Gasteiger partial charge in [-0.2, -0.15) is 0 Å². The van der Waals surface area contributed by atoms with Crippen LogP contribution in [0.15, 0.2) is 81.7 Å². The average Bonchev–Trinajstić information content (AvgIpc) is 2.65. The Labute approximate surface area is 169 Å². The first-order chi connectivity index (χ1) is 12.6. The van der Waals surface area contributed by atoms with Gasteiger partial charge in [-0.05, 0) is 51.8 Å². The molecule has 0 radical (unpaired) electrons. The monoisotopic (exact) mass is 473 g/mol. The smallest absolute Gasteiger partial charge is 0.259 e. The standard InChI is InChI=1S/C21H17Br2NO2/c22-16-10-11-20(26-13-12-15-6-2-1-3-7-15)17(14-16)21(25)24-19-9-5-4-8-18(19)23/h1-11,14H,12-13H2,(H,24,25). The Hall–Kier alpha value is -2.11. The molecule has 0 heterocycles. The molecule has 0 saturated heterocycles. The van der Waals surface area contributed by atoms with Gasteiger partial charge in [0.1, 0.15) is 5.75 Å². The molecule has 0 saturated carbocycles. The van der Waals surface area contributed by atoms with Crippen molar-refractivity contribution < 1.29 is 9.53 Å². The summed E-state index contributed by atoms with van der Waals surface area (Å²) in [6.45, 7) is 0.501. The van der Waals surface area contributed by atoms with E-state index in [0.29, 0.717) is 23.6 Å². The second-order valence-electron chi connectivity index (χ2n) is 5.66. The van der Waals surface area contributed by atoms with Crippen LogP contribution in [-0.4, -0.2) is 12.5 Å². The van der Waals surface area contributed by atoms with Gasteiger partial charge in [-0.1, -0.05) is 58.4 Å². The maximum atomic E-state index is 12.7. The first kappa shape index (κ1) is 18.7. The van der Waals surface area contributed by atoms with Gasteiger partial charge in [0.25, 0.3) is 5.91 Å². The van der Waals surface area contributed by atoms with E-state index in [-0.39, 0.29) is 5.91 Å². The largest absolute Gasteiger partial charge is 0.492 e. The van der Waals surface area contributed by atoms with Crippen LogP contribution in [0.25, 0.3) is 0 Å². The molecule has 0 atom stereocenters. The summed E-state index contributed by atoms with van der Waals surface area (Å²) in [5.41, 5.74) is 2.40. The Morgan fingerprint density at radius 2 is 1.65 bits per heavy atom. The number of halogens is 2. The van der Waals surface area contributed by atoms with E-state index in [0.717, 1.165) is 15.4 Å². The van der Waals surface area contributed by atoms with Gasteiger partial charge in [-0.15, -0.1) is 0 Å². The van der Waals surface area contributed by atoms with Crippen LogP contribution in [-0.2, 0) is 6.42 Å². The number of anilines is 1. The van der Waals surface area contributed by atoms with Crippen LogP contribution in [0.4, 0.5) is 5.69 Å². The Morgan fingerprint density at radius 3 is 2.42 bits per heavy atom. The maximum absolute atomic E-state index is 12.7. The van der Waals surface area contributed by atoms with Crippen LogP contribution in [0.1, 0.15) is 15.9 Å². The number of nitrogens with one attached hydrogen (secondary N) is 1. The minimum Gasteiger partial charge on any atom is -0.492 e. The normalized spacial score (nSPS) is 10.4. The highest BCUT2D eigenvalue weighted by Crippen LogP contribution is 2.27. The first-order valence-corrected chi connectivity index (χ1v) is 9.74. The van der Waals surface area contributed by atoms with Crippen LogP contribution < -0.4 is 10.1 Å². The number of amides is 1. The van der Waals surface area contributed by atoms with Gasteiger partial charge in [0.2, 0.25) is 0 Å². The molecule has 3 rings (SSSR count). The zero-order valence-corrected chi connectivity index (χ0v) is 17.1. The van der Waals surface area contributed by atoms with Crippen molar-refractivity contribution in [2.24, 2.45) is 0 Å². The minimum absolute atomic E-state index is 0.215. The SMILES string of the molecule is O=C(Nc1ccccc1Br)c1cc(Br)ccc1OCCc1ccccc1. The van der Waals surface area contributed by atoms with Crippen molar-refractivity contribution in [2.75, 3.05) is 11.9 Å². The molecule has 0 fully saturated rings. The summed E-state index contributed by atoms with van der Waals surface area (Å²) in [7, 11) is 0. The van der Waals surface area contributed by atoms with Crippen LogP contribution in [0.3, 0.4) is 0 Å². The molecule has 0 aromatic heterocycles. The summed E-state index contributed by atoms with van der Waals surface area (Å²) >= 11 is 6.87. The number of para-hydroxylation sites is 1. The molecule has 3 aromatic carbocycles. The highest BCUT2D eigenvalue weighted by atomic mass is 79.9.